The smallest absolute Gasteiger partial charge is 0.221 e. The van der Waals surface area contributed by atoms with E-state index in [1.807, 2.05) is 24.3 Å². The molecular weight excluding hydrogens is 953 g/mol. The second-order valence-corrected chi connectivity index (χ2v) is 21.3. The maximum Gasteiger partial charge on any atom is 0.221 e. The van der Waals surface area contributed by atoms with Crippen LogP contribution in [0.3, 0.4) is 0 Å². The second kappa shape index (κ2) is 15.9. The minimum absolute atomic E-state index is 0.388. The molecule has 11 aromatic carbocycles. The SMILES string of the molecule is [C-]#[N+]c1c(-c2ccccc2)c(-n2c3c(-c4ccccc4)cccc3c3ccc4oc5ccccc5c4c32)c(-c2ccccc2)c(C#N)c1-n1c2c(ccc3c4ccccc4sc32)c2ccc3c4ccccc4sc3c21. The molecule has 16 rings (SSSR count). The first-order chi connectivity index (χ1) is 37.2. The van der Waals surface area contributed by atoms with Crippen molar-refractivity contribution >= 4 is 134 Å². The third-order valence-corrected chi connectivity index (χ3v) is 17.8. The Balaban J connectivity index is 1.21. The number of aromatic nitrogens is 2. The van der Waals surface area contributed by atoms with Gasteiger partial charge in [0, 0.05) is 74.6 Å². The van der Waals surface area contributed by atoms with Crippen molar-refractivity contribution in [2.75, 3.05) is 0 Å². The zero-order valence-corrected chi connectivity index (χ0v) is 41.4. The lowest BCUT2D eigenvalue weighted by Gasteiger charge is -2.26. The fourth-order valence-electron chi connectivity index (χ4n) is 12.3. The van der Waals surface area contributed by atoms with E-state index in [9.17, 15) is 11.8 Å². The molecule has 0 atom stereocenters. The van der Waals surface area contributed by atoms with Crippen molar-refractivity contribution in [3.05, 3.63) is 235 Å². The van der Waals surface area contributed by atoms with E-state index in [0.717, 1.165) is 125 Å². The van der Waals surface area contributed by atoms with Crippen LogP contribution in [0.1, 0.15) is 5.56 Å². The number of nitriles is 1. The van der Waals surface area contributed by atoms with Gasteiger partial charge < -0.3 is 13.6 Å². The number of hydrogen-bond donors (Lipinski definition) is 0. The molecule has 7 heteroatoms. The molecule has 5 heterocycles. The van der Waals surface area contributed by atoms with Crippen LogP contribution in [0.2, 0.25) is 0 Å². The number of furan rings is 1. The maximum atomic E-state index is 12.5. The van der Waals surface area contributed by atoms with E-state index in [2.05, 4.69) is 209 Å². The van der Waals surface area contributed by atoms with Crippen LogP contribution in [-0.2, 0) is 0 Å². The van der Waals surface area contributed by atoms with Gasteiger partial charge in [-0.2, -0.15) is 5.26 Å². The quantitative estimate of drug-likeness (QED) is 0.161. The van der Waals surface area contributed by atoms with Crippen molar-refractivity contribution in [1.29, 1.82) is 5.26 Å². The highest BCUT2D eigenvalue weighted by molar-refractivity contribution is 7.27. The van der Waals surface area contributed by atoms with Crippen LogP contribution < -0.4 is 0 Å². The van der Waals surface area contributed by atoms with Crippen LogP contribution in [0.4, 0.5) is 5.69 Å². The molecule has 0 bridgehead atoms. The van der Waals surface area contributed by atoms with Gasteiger partial charge in [-0.3, -0.25) is 0 Å². The Bertz CT molecular complexity index is 4990. The van der Waals surface area contributed by atoms with E-state index in [4.69, 9.17) is 9.26 Å². The van der Waals surface area contributed by atoms with Crippen LogP contribution >= 0.6 is 22.7 Å². The van der Waals surface area contributed by atoms with Crippen LogP contribution in [0.25, 0.3) is 155 Å². The number of thiophene rings is 2. The van der Waals surface area contributed by atoms with Gasteiger partial charge in [-0.25, -0.2) is 4.85 Å². The highest BCUT2D eigenvalue weighted by Crippen LogP contribution is 2.56. The second-order valence-electron chi connectivity index (χ2n) is 19.2. The molecule has 0 amide bonds. The van der Waals surface area contributed by atoms with Crippen molar-refractivity contribution in [3.63, 3.8) is 0 Å². The van der Waals surface area contributed by atoms with Crippen molar-refractivity contribution in [2.24, 2.45) is 0 Å². The summed E-state index contributed by atoms with van der Waals surface area (Å²) in [6.07, 6.45) is 0. The number of nitrogens with zero attached hydrogens (tertiary/aromatic N) is 4. The number of benzene rings is 11. The Morgan fingerprint density at radius 1 is 0.400 bits per heavy atom. The van der Waals surface area contributed by atoms with E-state index in [1.54, 1.807) is 22.7 Å². The molecule has 0 saturated carbocycles. The molecule has 0 aliphatic rings. The Labute approximate surface area is 436 Å². The summed E-state index contributed by atoms with van der Waals surface area (Å²) in [7, 11) is 0. The van der Waals surface area contributed by atoms with Gasteiger partial charge >= 0.3 is 0 Å². The Hall–Kier alpha value is -9.76. The molecule has 346 valence electrons. The monoisotopic (exact) mass is 988 g/mol. The summed E-state index contributed by atoms with van der Waals surface area (Å²) in [6.45, 7) is 9.76. The van der Waals surface area contributed by atoms with Gasteiger partial charge in [0.1, 0.15) is 17.2 Å². The van der Waals surface area contributed by atoms with Crippen LogP contribution in [0, 0.1) is 17.9 Å². The molecule has 5 aromatic heterocycles. The van der Waals surface area contributed by atoms with Crippen LogP contribution in [-0.4, -0.2) is 9.13 Å². The first-order valence-electron chi connectivity index (χ1n) is 24.9. The molecule has 75 heavy (non-hydrogen) atoms. The Morgan fingerprint density at radius 2 is 0.880 bits per heavy atom. The maximum absolute atomic E-state index is 12.5. The summed E-state index contributed by atoms with van der Waals surface area (Å²) in [6, 6.07) is 79.5. The van der Waals surface area contributed by atoms with Gasteiger partial charge in [0.2, 0.25) is 5.69 Å². The predicted molar refractivity (Wildman–Crippen MR) is 315 cm³/mol. The molecule has 0 aliphatic heterocycles. The summed E-state index contributed by atoms with van der Waals surface area (Å²) in [5.74, 6) is 0. The van der Waals surface area contributed by atoms with Crippen molar-refractivity contribution in [2.45, 2.75) is 0 Å². The summed E-state index contributed by atoms with van der Waals surface area (Å²) in [5.41, 5.74) is 12.8. The lowest BCUT2D eigenvalue weighted by Crippen LogP contribution is -2.09. The predicted octanol–water partition coefficient (Wildman–Crippen LogP) is 19.9. The minimum atomic E-state index is 0.388. The van der Waals surface area contributed by atoms with E-state index >= 15 is 0 Å². The fourth-order valence-corrected chi connectivity index (χ4v) is 14.8. The zero-order valence-electron chi connectivity index (χ0n) is 39.8. The third-order valence-electron chi connectivity index (χ3n) is 15.4. The Morgan fingerprint density at radius 3 is 1.49 bits per heavy atom. The van der Waals surface area contributed by atoms with E-state index in [0.29, 0.717) is 16.9 Å². The van der Waals surface area contributed by atoms with Gasteiger partial charge in [0.05, 0.1) is 60.4 Å². The van der Waals surface area contributed by atoms with E-state index in [1.165, 1.54) is 20.2 Å². The van der Waals surface area contributed by atoms with Gasteiger partial charge in [0.15, 0.2) is 0 Å². The highest BCUT2D eigenvalue weighted by Gasteiger charge is 2.34. The van der Waals surface area contributed by atoms with Gasteiger partial charge in [-0.1, -0.05) is 188 Å². The van der Waals surface area contributed by atoms with Gasteiger partial charge in [-0.15, -0.1) is 22.7 Å². The molecule has 0 saturated heterocycles. The van der Waals surface area contributed by atoms with Crippen LogP contribution in [0.5, 0.6) is 0 Å². The van der Waals surface area contributed by atoms with E-state index < -0.39 is 0 Å². The molecule has 0 aliphatic carbocycles. The molecule has 0 fully saturated rings. The molecular formula is C68H36N4OS2. The molecule has 0 N–H and O–H groups in total. The molecule has 0 unspecified atom stereocenters. The molecule has 0 spiro atoms. The number of fused-ring (bicyclic) bond motifs is 18. The number of para-hydroxylation sites is 2. The summed E-state index contributed by atoms with van der Waals surface area (Å²) < 4.78 is 16.0. The van der Waals surface area contributed by atoms with Crippen molar-refractivity contribution < 1.29 is 4.42 Å². The van der Waals surface area contributed by atoms with E-state index in [-0.39, 0.29) is 0 Å². The minimum Gasteiger partial charge on any atom is -0.456 e. The molecule has 16 aromatic rings. The lowest BCUT2D eigenvalue weighted by molar-refractivity contribution is 0.669. The van der Waals surface area contributed by atoms with Crippen LogP contribution in [0.15, 0.2) is 223 Å². The largest absolute Gasteiger partial charge is 0.456 e. The number of hydrogen-bond acceptors (Lipinski definition) is 4. The highest BCUT2D eigenvalue weighted by atomic mass is 32.1. The fraction of sp³-hybridized carbons (Fsp3) is 0. The number of rotatable bonds is 5. The summed E-state index contributed by atoms with van der Waals surface area (Å²) in [4.78, 5) is 4.77. The zero-order chi connectivity index (χ0) is 49.5. The first kappa shape index (κ1) is 41.8. The average Bonchev–Trinajstić information content (AvgIpc) is 4.44. The van der Waals surface area contributed by atoms with Gasteiger partial charge in [-0.05, 0) is 47.0 Å². The van der Waals surface area contributed by atoms with Crippen molar-refractivity contribution in [3.8, 4) is 50.8 Å². The standard InChI is InChI=1S/C68H36N4OS2/c1-70-60-58(41-22-9-4-10-23-41)66(71-61-42(39-18-5-2-6-19-39)27-17-28-45(61)46-36-37-54-59(62(46)71)51-26-11-14-29-53(51)73-54)57(40-20-7-3-8-21-40)52(38-69)63(60)72-64-47(32-34-49-43-24-12-15-30-55(43)74-67(49)64)48-33-35-50-44-25-13-16-31-56(44)75-68(50)65(48)72/h2-37H. The lowest BCUT2D eigenvalue weighted by atomic mass is 9.88. The first-order valence-corrected chi connectivity index (χ1v) is 26.6. The topological polar surface area (TPSA) is 51.1 Å². The van der Waals surface area contributed by atoms with Crippen molar-refractivity contribution in [1.82, 2.24) is 9.13 Å². The Kier molecular flexibility index (Phi) is 8.85. The summed E-state index contributed by atoms with van der Waals surface area (Å²) in [5, 5.41) is 23.3. The average molecular weight is 989 g/mol. The molecule has 5 nitrogen and oxygen atoms in total. The normalized spacial score (nSPS) is 12.0. The molecule has 0 radical (unpaired) electrons. The van der Waals surface area contributed by atoms with Gasteiger partial charge in [0.25, 0.3) is 0 Å². The third kappa shape index (κ3) is 5.74. The summed E-state index contributed by atoms with van der Waals surface area (Å²) >= 11 is 3.54.